The molecule has 0 aliphatic carbocycles. The van der Waals surface area contributed by atoms with Gasteiger partial charge in [-0.3, -0.25) is 9.36 Å². The van der Waals surface area contributed by atoms with Crippen LogP contribution in [0.15, 0.2) is 21.9 Å². The Kier molecular flexibility index (Phi) is 4.52. The largest absolute Gasteiger partial charge is 0.330 e. The number of aromatic nitrogens is 2. The monoisotopic (exact) mass is 224 g/mol. The van der Waals surface area contributed by atoms with Crippen molar-refractivity contribution in [2.45, 2.75) is 46.7 Å². The fourth-order valence-corrected chi connectivity index (χ4v) is 1.77. The van der Waals surface area contributed by atoms with Crippen LogP contribution in [0.5, 0.6) is 0 Å². The lowest BCUT2D eigenvalue weighted by molar-refractivity contribution is 0.394. The van der Waals surface area contributed by atoms with Gasteiger partial charge >= 0.3 is 5.69 Å². The second-order valence-corrected chi connectivity index (χ2v) is 4.02. The maximum Gasteiger partial charge on any atom is 0.330 e. The summed E-state index contributed by atoms with van der Waals surface area (Å²) in [5.41, 5.74) is -0.386. The molecule has 1 aromatic heterocycles. The van der Waals surface area contributed by atoms with Crippen molar-refractivity contribution in [1.29, 1.82) is 0 Å². The predicted molar refractivity (Wildman–Crippen MR) is 64.7 cm³/mol. The van der Waals surface area contributed by atoms with Crippen LogP contribution in [0.2, 0.25) is 0 Å². The van der Waals surface area contributed by atoms with E-state index in [9.17, 15) is 9.59 Å². The van der Waals surface area contributed by atoms with Crippen LogP contribution < -0.4 is 11.2 Å². The molecule has 90 valence electrons. The highest BCUT2D eigenvalue weighted by Crippen LogP contribution is 2.08. The molecule has 0 radical (unpaired) electrons. The summed E-state index contributed by atoms with van der Waals surface area (Å²) in [7, 11) is 0. The first-order valence-electron chi connectivity index (χ1n) is 5.94. The van der Waals surface area contributed by atoms with Crippen LogP contribution in [0, 0.1) is 5.92 Å². The summed E-state index contributed by atoms with van der Waals surface area (Å²) >= 11 is 0. The van der Waals surface area contributed by atoms with Gasteiger partial charge in [-0.2, -0.15) is 0 Å². The Balaban J connectivity index is 3.12. The van der Waals surface area contributed by atoms with E-state index in [1.807, 2.05) is 6.92 Å². The van der Waals surface area contributed by atoms with Gasteiger partial charge in [0.05, 0.1) is 0 Å². The third-order valence-corrected chi connectivity index (χ3v) is 3.08. The second kappa shape index (κ2) is 5.68. The Hall–Kier alpha value is -1.32. The molecule has 1 rings (SSSR count). The van der Waals surface area contributed by atoms with Crippen molar-refractivity contribution in [1.82, 2.24) is 9.13 Å². The fraction of sp³-hybridized carbons (Fsp3) is 0.667. The highest BCUT2D eigenvalue weighted by molar-refractivity contribution is 4.86. The van der Waals surface area contributed by atoms with Crippen molar-refractivity contribution in [2.75, 3.05) is 0 Å². The zero-order valence-corrected chi connectivity index (χ0v) is 10.3. The van der Waals surface area contributed by atoms with E-state index in [-0.39, 0.29) is 11.2 Å². The Morgan fingerprint density at radius 1 is 1.19 bits per heavy atom. The molecule has 0 aliphatic rings. The maximum atomic E-state index is 11.9. The standard InChI is InChI=1S/C12H20N2O2/c1-4-10(5-2)9-14-11(15)7-8-13(6-3)12(14)16/h7-8,10H,4-6,9H2,1-3H3. The summed E-state index contributed by atoms with van der Waals surface area (Å²) < 4.78 is 2.91. The van der Waals surface area contributed by atoms with E-state index in [0.717, 1.165) is 12.8 Å². The summed E-state index contributed by atoms with van der Waals surface area (Å²) in [4.78, 5) is 23.5. The summed E-state index contributed by atoms with van der Waals surface area (Å²) in [6, 6.07) is 1.47. The predicted octanol–water partition coefficient (Wildman–Crippen LogP) is 1.47. The molecule has 0 fully saturated rings. The van der Waals surface area contributed by atoms with E-state index in [4.69, 9.17) is 0 Å². The van der Waals surface area contributed by atoms with E-state index < -0.39 is 0 Å². The van der Waals surface area contributed by atoms with Gasteiger partial charge in [-0.25, -0.2) is 4.79 Å². The molecular formula is C12H20N2O2. The second-order valence-electron chi connectivity index (χ2n) is 4.02. The molecule has 0 aromatic carbocycles. The van der Waals surface area contributed by atoms with Gasteiger partial charge in [-0.1, -0.05) is 26.7 Å². The highest BCUT2D eigenvalue weighted by atomic mass is 16.2. The molecule has 0 unspecified atom stereocenters. The summed E-state index contributed by atoms with van der Waals surface area (Å²) in [5.74, 6) is 0.401. The van der Waals surface area contributed by atoms with Crippen molar-refractivity contribution in [3.05, 3.63) is 33.1 Å². The van der Waals surface area contributed by atoms with Gasteiger partial charge in [0.2, 0.25) is 0 Å². The fourth-order valence-electron chi connectivity index (χ4n) is 1.77. The van der Waals surface area contributed by atoms with Crippen LogP contribution in [0.25, 0.3) is 0 Å². The molecule has 1 heterocycles. The van der Waals surface area contributed by atoms with Gasteiger partial charge < -0.3 is 4.57 Å². The Morgan fingerprint density at radius 3 is 2.31 bits per heavy atom. The van der Waals surface area contributed by atoms with Gasteiger partial charge in [0.15, 0.2) is 0 Å². The molecular weight excluding hydrogens is 204 g/mol. The van der Waals surface area contributed by atoms with E-state index in [1.165, 1.54) is 10.6 Å². The van der Waals surface area contributed by atoms with Gasteiger partial charge in [-0.05, 0) is 12.8 Å². The molecule has 0 saturated carbocycles. The average molecular weight is 224 g/mol. The number of hydrogen-bond acceptors (Lipinski definition) is 2. The van der Waals surface area contributed by atoms with Crippen LogP contribution in [0.4, 0.5) is 0 Å². The molecule has 0 saturated heterocycles. The van der Waals surface area contributed by atoms with Crippen molar-refractivity contribution in [3.63, 3.8) is 0 Å². The normalized spacial score (nSPS) is 11.0. The highest BCUT2D eigenvalue weighted by Gasteiger charge is 2.09. The minimum Gasteiger partial charge on any atom is -0.301 e. The Bertz CT molecular complexity index is 441. The summed E-state index contributed by atoms with van der Waals surface area (Å²) in [5, 5.41) is 0. The van der Waals surface area contributed by atoms with Crippen LogP contribution in [0.3, 0.4) is 0 Å². The molecule has 4 nitrogen and oxygen atoms in total. The first-order chi connectivity index (χ1) is 7.63. The van der Waals surface area contributed by atoms with Crippen LogP contribution in [-0.4, -0.2) is 9.13 Å². The van der Waals surface area contributed by atoms with Crippen LogP contribution in [-0.2, 0) is 13.1 Å². The van der Waals surface area contributed by atoms with E-state index in [0.29, 0.717) is 19.0 Å². The molecule has 0 aliphatic heterocycles. The van der Waals surface area contributed by atoms with Crippen molar-refractivity contribution >= 4 is 0 Å². The maximum absolute atomic E-state index is 11.9. The number of aryl methyl sites for hydroxylation is 1. The lowest BCUT2D eigenvalue weighted by atomic mass is 10.0. The van der Waals surface area contributed by atoms with Crippen molar-refractivity contribution < 1.29 is 0 Å². The molecule has 4 heteroatoms. The molecule has 0 bridgehead atoms. The van der Waals surface area contributed by atoms with Crippen LogP contribution in [0.1, 0.15) is 33.6 Å². The Morgan fingerprint density at radius 2 is 1.81 bits per heavy atom. The zero-order chi connectivity index (χ0) is 12.1. The van der Waals surface area contributed by atoms with Gasteiger partial charge in [0.25, 0.3) is 5.56 Å². The lowest BCUT2D eigenvalue weighted by Gasteiger charge is -2.14. The van der Waals surface area contributed by atoms with Gasteiger partial charge in [-0.15, -0.1) is 0 Å². The third-order valence-electron chi connectivity index (χ3n) is 3.08. The number of hydrogen-bond donors (Lipinski definition) is 0. The third kappa shape index (κ3) is 2.62. The molecule has 1 aromatic rings. The molecule has 0 amide bonds. The first kappa shape index (κ1) is 12.7. The SMILES string of the molecule is CCC(CC)Cn1c(=O)ccn(CC)c1=O. The minimum atomic E-state index is -0.193. The summed E-state index contributed by atoms with van der Waals surface area (Å²) in [6.07, 6.45) is 3.54. The smallest absolute Gasteiger partial charge is 0.301 e. The van der Waals surface area contributed by atoms with Crippen molar-refractivity contribution in [3.8, 4) is 0 Å². The van der Waals surface area contributed by atoms with Gasteiger partial charge in [0.1, 0.15) is 0 Å². The minimum absolute atomic E-state index is 0.193. The van der Waals surface area contributed by atoms with E-state index in [1.54, 1.807) is 10.8 Å². The number of nitrogens with zero attached hydrogens (tertiary/aromatic N) is 2. The quantitative estimate of drug-likeness (QED) is 0.760. The summed E-state index contributed by atoms with van der Waals surface area (Å²) in [6.45, 7) is 7.20. The molecule has 16 heavy (non-hydrogen) atoms. The molecule has 0 atom stereocenters. The average Bonchev–Trinajstić information content (AvgIpc) is 2.30. The molecule has 0 spiro atoms. The van der Waals surface area contributed by atoms with E-state index in [2.05, 4.69) is 13.8 Å². The lowest BCUT2D eigenvalue weighted by Crippen LogP contribution is -2.40. The Labute approximate surface area is 95.5 Å². The molecule has 0 N–H and O–H groups in total. The first-order valence-corrected chi connectivity index (χ1v) is 5.94. The van der Waals surface area contributed by atoms with Crippen molar-refractivity contribution in [2.24, 2.45) is 5.92 Å². The topological polar surface area (TPSA) is 44.0 Å². The van der Waals surface area contributed by atoms with Crippen LogP contribution >= 0.6 is 0 Å². The van der Waals surface area contributed by atoms with E-state index >= 15 is 0 Å². The number of rotatable bonds is 5. The zero-order valence-electron chi connectivity index (χ0n) is 10.3. The van der Waals surface area contributed by atoms with Gasteiger partial charge in [0, 0.05) is 25.4 Å².